The molecule has 0 aliphatic heterocycles. The molecule has 2 heterocycles. The average Bonchev–Trinajstić information content (AvgIpc) is 2.98. The summed E-state index contributed by atoms with van der Waals surface area (Å²) in [6.07, 6.45) is 1.40. The van der Waals surface area contributed by atoms with Crippen LogP contribution in [0.3, 0.4) is 0 Å². The van der Waals surface area contributed by atoms with Crippen molar-refractivity contribution >= 4 is 29.6 Å². The van der Waals surface area contributed by atoms with E-state index in [-0.39, 0.29) is 0 Å². The van der Waals surface area contributed by atoms with Crippen molar-refractivity contribution in [2.24, 2.45) is 0 Å². The molecule has 9 heteroatoms. The van der Waals surface area contributed by atoms with Crippen molar-refractivity contribution in [3.8, 4) is 0 Å². The SMILES string of the molecule is CC(=O)O.Sc1nc2ccccc2[nH]1.c1nnn[nH]1. The van der Waals surface area contributed by atoms with Crippen LogP contribution < -0.4 is 0 Å². The molecule has 0 aliphatic carbocycles. The molecule has 0 saturated heterocycles. The van der Waals surface area contributed by atoms with Crippen molar-refractivity contribution in [1.29, 1.82) is 0 Å². The van der Waals surface area contributed by atoms with Gasteiger partial charge in [-0.05, 0) is 22.6 Å². The number of hydrogen-bond acceptors (Lipinski definition) is 6. The smallest absolute Gasteiger partial charge is 0.300 e. The molecule has 0 unspecified atom stereocenters. The first kappa shape index (κ1) is 14.6. The van der Waals surface area contributed by atoms with Crippen molar-refractivity contribution < 1.29 is 9.90 Å². The number of tetrazole rings is 1. The molecule has 0 atom stereocenters. The lowest BCUT2D eigenvalue weighted by Crippen LogP contribution is -1.78. The van der Waals surface area contributed by atoms with Gasteiger partial charge in [-0.2, -0.15) is 0 Å². The highest BCUT2D eigenvalue weighted by Gasteiger charge is 1.94. The van der Waals surface area contributed by atoms with Crippen molar-refractivity contribution in [3.63, 3.8) is 0 Å². The molecule has 0 aliphatic rings. The molecule has 100 valence electrons. The van der Waals surface area contributed by atoms with E-state index in [0.717, 1.165) is 18.0 Å². The van der Waals surface area contributed by atoms with Gasteiger partial charge in [-0.1, -0.05) is 12.1 Å². The molecule has 8 nitrogen and oxygen atoms in total. The maximum Gasteiger partial charge on any atom is 0.300 e. The summed E-state index contributed by atoms with van der Waals surface area (Å²) >= 11 is 4.08. The maximum atomic E-state index is 9.00. The van der Waals surface area contributed by atoms with E-state index in [2.05, 4.69) is 43.2 Å². The van der Waals surface area contributed by atoms with Crippen LogP contribution in [0.2, 0.25) is 0 Å². The summed E-state index contributed by atoms with van der Waals surface area (Å²) in [6.45, 7) is 1.08. The first-order valence-electron chi connectivity index (χ1n) is 5.10. The Morgan fingerprint density at radius 1 is 1.37 bits per heavy atom. The summed E-state index contributed by atoms with van der Waals surface area (Å²) in [5.74, 6) is -0.833. The second-order valence-corrected chi connectivity index (χ2v) is 3.58. The fourth-order valence-electron chi connectivity index (χ4n) is 1.07. The number of nitrogens with one attached hydrogen (secondary N) is 2. The zero-order chi connectivity index (χ0) is 14.1. The third kappa shape index (κ3) is 6.17. The third-order valence-corrected chi connectivity index (χ3v) is 1.86. The van der Waals surface area contributed by atoms with Gasteiger partial charge >= 0.3 is 0 Å². The second kappa shape index (κ2) is 7.82. The minimum Gasteiger partial charge on any atom is -0.481 e. The Morgan fingerprint density at radius 2 is 2.05 bits per heavy atom. The van der Waals surface area contributed by atoms with Gasteiger partial charge in [0.05, 0.1) is 11.0 Å². The fraction of sp³-hybridized carbons (Fsp3) is 0.100. The predicted molar refractivity (Wildman–Crippen MR) is 70.8 cm³/mol. The number of hydrogen-bond donors (Lipinski definition) is 4. The summed E-state index contributed by atoms with van der Waals surface area (Å²) in [4.78, 5) is 16.1. The number of carboxylic acid groups (broad SMARTS) is 1. The Balaban J connectivity index is 0.000000169. The van der Waals surface area contributed by atoms with Gasteiger partial charge in [0.25, 0.3) is 5.97 Å². The van der Waals surface area contributed by atoms with E-state index in [1.54, 1.807) is 0 Å². The Morgan fingerprint density at radius 3 is 2.53 bits per heavy atom. The van der Waals surface area contributed by atoms with Gasteiger partial charge in [0.15, 0.2) is 5.16 Å². The van der Waals surface area contributed by atoms with Crippen LogP contribution in [0.4, 0.5) is 0 Å². The van der Waals surface area contributed by atoms with Crippen LogP contribution in [-0.4, -0.2) is 41.7 Å². The van der Waals surface area contributed by atoms with E-state index >= 15 is 0 Å². The lowest BCUT2D eigenvalue weighted by molar-refractivity contribution is -0.134. The van der Waals surface area contributed by atoms with Crippen LogP contribution in [0.1, 0.15) is 6.92 Å². The fourth-order valence-corrected chi connectivity index (χ4v) is 1.30. The van der Waals surface area contributed by atoms with Crippen LogP contribution in [0, 0.1) is 0 Å². The highest BCUT2D eigenvalue weighted by atomic mass is 32.1. The molecule has 2 aromatic heterocycles. The first-order valence-corrected chi connectivity index (χ1v) is 5.54. The van der Waals surface area contributed by atoms with Crippen LogP contribution in [0.25, 0.3) is 11.0 Å². The summed E-state index contributed by atoms with van der Waals surface area (Å²) in [5.41, 5.74) is 2.00. The number of rotatable bonds is 0. The average molecular weight is 280 g/mol. The highest BCUT2D eigenvalue weighted by molar-refractivity contribution is 7.80. The number of nitrogens with zero attached hydrogens (tertiary/aromatic N) is 4. The minimum atomic E-state index is -0.833. The van der Waals surface area contributed by atoms with Gasteiger partial charge in [-0.3, -0.25) is 4.79 Å². The standard InChI is InChI=1S/C7H6N2S.C2H4O2.CH2N4/c10-7-8-5-3-1-2-4-6(5)9-7;1-2(3)4;1-2-4-5-3-1/h1-4H,(H2,8,9,10);1H3,(H,3,4);1H,(H,2,3,4,5). The summed E-state index contributed by atoms with van der Waals surface area (Å²) in [7, 11) is 0. The molecule has 3 N–H and O–H groups in total. The highest BCUT2D eigenvalue weighted by Crippen LogP contribution is 2.11. The first-order chi connectivity index (χ1) is 9.09. The lowest BCUT2D eigenvalue weighted by Gasteiger charge is -1.81. The topological polar surface area (TPSA) is 120 Å². The zero-order valence-electron chi connectivity index (χ0n) is 9.98. The molecule has 0 radical (unpaired) electrons. The van der Waals surface area contributed by atoms with Gasteiger partial charge in [-0.25, -0.2) is 10.1 Å². The second-order valence-electron chi connectivity index (χ2n) is 3.16. The Hall–Kier alpha value is -2.42. The summed E-state index contributed by atoms with van der Waals surface area (Å²) < 4.78 is 0. The Bertz CT molecular complexity index is 555. The van der Waals surface area contributed by atoms with Crippen molar-refractivity contribution in [3.05, 3.63) is 30.6 Å². The van der Waals surface area contributed by atoms with E-state index in [0.29, 0.717) is 5.16 Å². The minimum absolute atomic E-state index is 0.668. The van der Waals surface area contributed by atoms with Crippen LogP contribution in [0.15, 0.2) is 35.7 Å². The number of aromatic amines is 2. The zero-order valence-corrected chi connectivity index (χ0v) is 10.9. The van der Waals surface area contributed by atoms with Gasteiger partial charge in [0, 0.05) is 6.92 Å². The van der Waals surface area contributed by atoms with Gasteiger partial charge in [-0.15, -0.1) is 17.7 Å². The van der Waals surface area contributed by atoms with E-state index in [1.807, 2.05) is 24.3 Å². The molecule has 3 aromatic rings. The lowest BCUT2D eigenvalue weighted by atomic mass is 10.3. The number of para-hydroxylation sites is 2. The predicted octanol–water partition coefficient (Wildman–Crippen LogP) is 1.14. The Labute approximate surface area is 113 Å². The van der Waals surface area contributed by atoms with E-state index < -0.39 is 5.97 Å². The van der Waals surface area contributed by atoms with E-state index in [4.69, 9.17) is 9.90 Å². The normalized spacial score (nSPS) is 8.95. The van der Waals surface area contributed by atoms with Crippen molar-refractivity contribution in [2.75, 3.05) is 0 Å². The van der Waals surface area contributed by atoms with Gasteiger partial charge < -0.3 is 10.1 Å². The number of aromatic nitrogens is 6. The molecule has 3 rings (SSSR count). The maximum absolute atomic E-state index is 9.00. The molecule has 0 saturated carbocycles. The number of imidazole rings is 1. The number of benzene rings is 1. The molecule has 0 amide bonds. The number of aliphatic carboxylic acids is 1. The van der Waals surface area contributed by atoms with Crippen molar-refractivity contribution in [2.45, 2.75) is 12.1 Å². The van der Waals surface area contributed by atoms with Crippen LogP contribution in [-0.2, 0) is 4.79 Å². The molecule has 0 fully saturated rings. The largest absolute Gasteiger partial charge is 0.481 e. The van der Waals surface area contributed by atoms with Crippen LogP contribution in [0.5, 0.6) is 0 Å². The van der Waals surface area contributed by atoms with Crippen LogP contribution >= 0.6 is 12.6 Å². The molecule has 0 spiro atoms. The molecule has 1 aromatic carbocycles. The Kier molecular flexibility index (Phi) is 6.03. The van der Waals surface area contributed by atoms with Crippen molar-refractivity contribution in [1.82, 2.24) is 30.6 Å². The molecular weight excluding hydrogens is 268 g/mol. The molecular formula is C10H12N6O2S. The van der Waals surface area contributed by atoms with E-state index in [1.165, 1.54) is 6.33 Å². The molecule has 19 heavy (non-hydrogen) atoms. The van der Waals surface area contributed by atoms with Gasteiger partial charge in [0.2, 0.25) is 0 Å². The van der Waals surface area contributed by atoms with E-state index in [9.17, 15) is 0 Å². The number of H-pyrrole nitrogens is 2. The number of fused-ring (bicyclic) bond motifs is 1. The number of carbonyl (C=O) groups is 1. The third-order valence-electron chi connectivity index (χ3n) is 1.65. The molecule has 0 bridgehead atoms. The number of thiol groups is 1. The number of carboxylic acids is 1. The summed E-state index contributed by atoms with van der Waals surface area (Å²) in [5, 5.41) is 20.2. The summed E-state index contributed by atoms with van der Waals surface area (Å²) in [6, 6.07) is 7.84. The van der Waals surface area contributed by atoms with Gasteiger partial charge in [0.1, 0.15) is 6.33 Å². The monoisotopic (exact) mass is 280 g/mol. The quantitative estimate of drug-likeness (QED) is 0.458.